The number of hydrogen-bond acceptors (Lipinski definition) is 3. The molecule has 0 unspecified atom stereocenters. The van der Waals surface area contributed by atoms with Gasteiger partial charge in [-0.05, 0) is 5.92 Å². The van der Waals surface area contributed by atoms with E-state index >= 15 is 0 Å². The molecular formula is C17H22N2O2. The molecule has 0 bridgehead atoms. The van der Waals surface area contributed by atoms with Crippen molar-refractivity contribution in [3.05, 3.63) is 42.4 Å². The Bertz CT molecular complexity index is 575. The van der Waals surface area contributed by atoms with Crippen LogP contribution in [0.4, 0.5) is 0 Å². The van der Waals surface area contributed by atoms with Crippen LogP contribution in [0.15, 0.2) is 40.9 Å². The van der Waals surface area contributed by atoms with Crippen molar-refractivity contribution < 1.29 is 9.21 Å². The molecule has 1 aromatic heterocycles. The molecule has 0 fully saturated rings. The number of aromatic nitrogens is 1. The van der Waals surface area contributed by atoms with Gasteiger partial charge in [-0.1, -0.05) is 44.2 Å². The largest absolute Gasteiger partial charge is 0.441 e. The minimum absolute atomic E-state index is 0.128. The summed E-state index contributed by atoms with van der Waals surface area (Å²) in [7, 11) is 1.84. The number of nitrogens with zero attached hydrogens (tertiary/aromatic N) is 2. The first-order chi connectivity index (χ1) is 10.1. The number of aryl methyl sites for hydroxylation is 1. The Morgan fingerprint density at radius 2 is 2.00 bits per heavy atom. The van der Waals surface area contributed by atoms with Crippen LogP contribution in [0.25, 0.3) is 11.3 Å². The lowest BCUT2D eigenvalue weighted by Gasteiger charge is -2.18. The highest BCUT2D eigenvalue weighted by Crippen LogP contribution is 2.20. The van der Waals surface area contributed by atoms with Crippen LogP contribution >= 0.6 is 0 Å². The summed E-state index contributed by atoms with van der Waals surface area (Å²) in [6.07, 6.45) is 2.68. The second-order valence-corrected chi connectivity index (χ2v) is 5.65. The predicted octanol–water partition coefficient (Wildman–Crippen LogP) is 3.39. The molecule has 4 heteroatoms. The Balaban J connectivity index is 1.90. The molecule has 0 radical (unpaired) electrons. The van der Waals surface area contributed by atoms with Gasteiger partial charge in [-0.25, -0.2) is 4.98 Å². The number of oxazole rings is 1. The fourth-order valence-electron chi connectivity index (χ4n) is 2.22. The molecule has 1 heterocycles. The molecule has 0 saturated heterocycles. The Morgan fingerprint density at radius 3 is 2.67 bits per heavy atom. The molecule has 4 nitrogen and oxygen atoms in total. The predicted molar refractivity (Wildman–Crippen MR) is 82.7 cm³/mol. The third-order valence-corrected chi connectivity index (χ3v) is 3.23. The second kappa shape index (κ2) is 7.07. The van der Waals surface area contributed by atoms with Crippen molar-refractivity contribution in [3.63, 3.8) is 0 Å². The van der Waals surface area contributed by atoms with Crippen LogP contribution in [0.5, 0.6) is 0 Å². The summed E-state index contributed by atoms with van der Waals surface area (Å²) in [5.41, 5.74) is 1.000. The van der Waals surface area contributed by atoms with E-state index in [2.05, 4.69) is 18.8 Å². The summed E-state index contributed by atoms with van der Waals surface area (Å²) in [5, 5.41) is 0. The van der Waals surface area contributed by atoms with Gasteiger partial charge in [0.15, 0.2) is 11.7 Å². The van der Waals surface area contributed by atoms with E-state index in [1.54, 1.807) is 11.1 Å². The van der Waals surface area contributed by atoms with Gasteiger partial charge in [0.1, 0.15) is 0 Å². The lowest BCUT2D eigenvalue weighted by molar-refractivity contribution is -0.130. The Hall–Kier alpha value is -2.10. The van der Waals surface area contributed by atoms with E-state index in [9.17, 15) is 4.79 Å². The van der Waals surface area contributed by atoms with Crippen molar-refractivity contribution in [2.45, 2.75) is 26.7 Å². The third-order valence-electron chi connectivity index (χ3n) is 3.23. The first-order valence-electron chi connectivity index (χ1n) is 7.30. The Labute approximate surface area is 125 Å². The Kier molecular flexibility index (Phi) is 5.14. The van der Waals surface area contributed by atoms with E-state index < -0.39 is 0 Å². The summed E-state index contributed by atoms with van der Waals surface area (Å²) in [6.45, 7) is 4.98. The number of hydrogen-bond donors (Lipinski definition) is 0. The molecule has 0 aliphatic rings. The number of amides is 1. The summed E-state index contributed by atoms with van der Waals surface area (Å²) >= 11 is 0. The van der Waals surface area contributed by atoms with E-state index in [0.29, 0.717) is 24.7 Å². The van der Waals surface area contributed by atoms with Crippen molar-refractivity contribution >= 4 is 5.91 Å². The van der Waals surface area contributed by atoms with Crippen molar-refractivity contribution in [2.24, 2.45) is 5.92 Å². The highest BCUT2D eigenvalue weighted by atomic mass is 16.4. The van der Waals surface area contributed by atoms with Crippen LogP contribution in [0, 0.1) is 5.92 Å². The van der Waals surface area contributed by atoms with Crippen LogP contribution in [0.3, 0.4) is 0 Å². The van der Waals surface area contributed by atoms with Gasteiger partial charge in [0.25, 0.3) is 0 Å². The SMILES string of the molecule is CC(C)CN(C)C(=O)CCc1ncc(-c2ccccc2)o1. The molecule has 1 amide bonds. The fourth-order valence-corrected chi connectivity index (χ4v) is 2.22. The number of benzene rings is 1. The highest BCUT2D eigenvalue weighted by molar-refractivity contribution is 5.76. The zero-order valence-electron chi connectivity index (χ0n) is 12.9. The molecule has 0 spiro atoms. The van der Waals surface area contributed by atoms with E-state index in [4.69, 9.17) is 4.42 Å². The van der Waals surface area contributed by atoms with Crippen LogP contribution in [-0.2, 0) is 11.2 Å². The van der Waals surface area contributed by atoms with E-state index in [0.717, 1.165) is 17.9 Å². The molecule has 2 rings (SSSR count). The minimum atomic E-state index is 0.128. The van der Waals surface area contributed by atoms with E-state index in [1.165, 1.54) is 0 Å². The third kappa shape index (κ3) is 4.45. The summed E-state index contributed by atoms with van der Waals surface area (Å²) in [6, 6.07) is 9.84. The summed E-state index contributed by atoms with van der Waals surface area (Å²) < 4.78 is 5.70. The maximum atomic E-state index is 12.0. The maximum Gasteiger partial charge on any atom is 0.222 e. The zero-order chi connectivity index (χ0) is 15.2. The highest BCUT2D eigenvalue weighted by Gasteiger charge is 2.12. The first-order valence-corrected chi connectivity index (χ1v) is 7.30. The van der Waals surface area contributed by atoms with E-state index in [-0.39, 0.29) is 5.91 Å². The Morgan fingerprint density at radius 1 is 1.29 bits per heavy atom. The molecule has 1 aromatic carbocycles. The molecular weight excluding hydrogens is 264 g/mol. The van der Waals surface area contributed by atoms with Gasteiger partial charge in [0.2, 0.25) is 5.91 Å². The minimum Gasteiger partial charge on any atom is -0.441 e. The molecule has 0 N–H and O–H groups in total. The second-order valence-electron chi connectivity index (χ2n) is 5.65. The summed E-state index contributed by atoms with van der Waals surface area (Å²) in [4.78, 5) is 18.0. The number of rotatable bonds is 6. The average Bonchev–Trinajstić information content (AvgIpc) is 2.94. The quantitative estimate of drug-likeness (QED) is 0.817. The lowest BCUT2D eigenvalue weighted by atomic mass is 10.2. The van der Waals surface area contributed by atoms with Gasteiger partial charge in [-0.15, -0.1) is 0 Å². The van der Waals surface area contributed by atoms with E-state index in [1.807, 2.05) is 37.4 Å². The molecule has 2 aromatic rings. The molecule has 0 aliphatic heterocycles. The molecule has 21 heavy (non-hydrogen) atoms. The topological polar surface area (TPSA) is 46.3 Å². The van der Waals surface area contributed by atoms with Gasteiger partial charge in [0.05, 0.1) is 6.20 Å². The first kappa shape index (κ1) is 15.3. The van der Waals surface area contributed by atoms with Gasteiger partial charge in [-0.3, -0.25) is 4.79 Å². The maximum absolute atomic E-state index is 12.0. The normalized spacial score (nSPS) is 10.9. The van der Waals surface area contributed by atoms with Gasteiger partial charge >= 0.3 is 0 Å². The van der Waals surface area contributed by atoms with Crippen LogP contribution < -0.4 is 0 Å². The van der Waals surface area contributed by atoms with Crippen molar-refractivity contribution in [3.8, 4) is 11.3 Å². The van der Waals surface area contributed by atoms with Crippen LogP contribution in [0.1, 0.15) is 26.2 Å². The van der Waals surface area contributed by atoms with Gasteiger partial charge < -0.3 is 9.32 Å². The lowest BCUT2D eigenvalue weighted by Crippen LogP contribution is -2.30. The fraction of sp³-hybridized carbons (Fsp3) is 0.412. The number of carbonyl (C=O) groups is 1. The van der Waals surface area contributed by atoms with Gasteiger partial charge in [0, 0.05) is 32.0 Å². The van der Waals surface area contributed by atoms with Crippen molar-refractivity contribution in [2.75, 3.05) is 13.6 Å². The standard InChI is InChI=1S/C17H22N2O2/c1-13(2)12-19(3)17(20)10-9-16-18-11-15(21-16)14-7-5-4-6-8-14/h4-8,11,13H,9-10,12H2,1-3H3. The molecule has 112 valence electrons. The van der Waals surface area contributed by atoms with Crippen LogP contribution in [-0.4, -0.2) is 29.4 Å². The zero-order valence-corrected chi connectivity index (χ0v) is 12.9. The van der Waals surface area contributed by atoms with Crippen molar-refractivity contribution in [1.29, 1.82) is 0 Å². The number of carbonyl (C=O) groups excluding carboxylic acids is 1. The molecule has 0 atom stereocenters. The smallest absolute Gasteiger partial charge is 0.222 e. The molecule has 0 saturated carbocycles. The van der Waals surface area contributed by atoms with Crippen LogP contribution in [0.2, 0.25) is 0 Å². The average molecular weight is 286 g/mol. The monoisotopic (exact) mass is 286 g/mol. The van der Waals surface area contributed by atoms with Gasteiger partial charge in [-0.2, -0.15) is 0 Å². The molecule has 0 aliphatic carbocycles. The summed E-state index contributed by atoms with van der Waals surface area (Å²) in [5.74, 6) is 1.96. The van der Waals surface area contributed by atoms with Crippen molar-refractivity contribution in [1.82, 2.24) is 9.88 Å².